The van der Waals surface area contributed by atoms with Gasteiger partial charge in [-0.05, 0) is 43.5 Å². The van der Waals surface area contributed by atoms with Gasteiger partial charge in [0.1, 0.15) is 6.10 Å². The van der Waals surface area contributed by atoms with Gasteiger partial charge in [0.2, 0.25) is 10.0 Å². The van der Waals surface area contributed by atoms with Crippen LogP contribution in [0.15, 0.2) is 24.3 Å². The van der Waals surface area contributed by atoms with E-state index in [4.69, 9.17) is 4.74 Å². The predicted molar refractivity (Wildman–Crippen MR) is 107 cm³/mol. The first-order valence-corrected chi connectivity index (χ1v) is 11.4. The quantitative estimate of drug-likeness (QED) is 0.764. The highest BCUT2D eigenvalue weighted by molar-refractivity contribution is 7.89. The van der Waals surface area contributed by atoms with Crippen molar-refractivity contribution in [1.82, 2.24) is 4.31 Å². The second-order valence-electron chi connectivity index (χ2n) is 7.09. The van der Waals surface area contributed by atoms with Crippen LogP contribution in [0.1, 0.15) is 32.6 Å². The van der Waals surface area contributed by atoms with E-state index in [2.05, 4.69) is 10.2 Å². The van der Waals surface area contributed by atoms with Gasteiger partial charge in [-0.2, -0.15) is 4.31 Å². The molecule has 0 saturated carbocycles. The molecule has 0 aliphatic carbocycles. The summed E-state index contributed by atoms with van der Waals surface area (Å²) < 4.78 is 31.6. The van der Waals surface area contributed by atoms with Crippen LogP contribution in [0.3, 0.4) is 0 Å². The van der Waals surface area contributed by atoms with Crippen LogP contribution in [-0.4, -0.2) is 63.3 Å². The zero-order chi connectivity index (χ0) is 19.3. The predicted octanol–water partition coefficient (Wildman–Crippen LogP) is 2.06. The summed E-state index contributed by atoms with van der Waals surface area (Å²) in [5, 5.41) is 2.89. The van der Waals surface area contributed by atoms with Crippen molar-refractivity contribution in [3.05, 3.63) is 24.3 Å². The van der Waals surface area contributed by atoms with Crippen molar-refractivity contribution in [2.45, 2.75) is 38.7 Å². The molecular weight excluding hydrogens is 366 g/mol. The molecule has 27 heavy (non-hydrogen) atoms. The minimum Gasteiger partial charge on any atom is -0.369 e. The van der Waals surface area contributed by atoms with Gasteiger partial charge in [-0.1, -0.05) is 13.3 Å². The number of sulfonamides is 1. The number of hydrogen-bond donors (Lipinski definition) is 1. The van der Waals surface area contributed by atoms with Crippen LogP contribution in [0.5, 0.6) is 0 Å². The van der Waals surface area contributed by atoms with Gasteiger partial charge in [-0.25, -0.2) is 8.42 Å². The number of amides is 1. The Morgan fingerprint density at radius 1 is 1.19 bits per heavy atom. The lowest BCUT2D eigenvalue weighted by Gasteiger charge is -2.35. The van der Waals surface area contributed by atoms with Gasteiger partial charge in [0.25, 0.3) is 5.91 Å². The lowest BCUT2D eigenvalue weighted by Crippen LogP contribution is -2.49. The third-order valence-corrected chi connectivity index (χ3v) is 7.07. The molecule has 1 unspecified atom stereocenters. The first-order chi connectivity index (χ1) is 13.0. The summed E-state index contributed by atoms with van der Waals surface area (Å²) in [5.74, 6) is 0.147. The summed E-state index contributed by atoms with van der Waals surface area (Å²) in [6.07, 6.45) is 2.95. The summed E-state index contributed by atoms with van der Waals surface area (Å²) in [6, 6.07) is 7.69. The zero-order valence-corrected chi connectivity index (χ0v) is 16.7. The molecule has 0 spiro atoms. The summed E-state index contributed by atoms with van der Waals surface area (Å²) in [4.78, 5) is 14.3. The fourth-order valence-corrected chi connectivity index (χ4v) is 5.07. The van der Waals surface area contributed by atoms with Gasteiger partial charge in [-0.3, -0.25) is 4.79 Å². The maximum atomic E-state index is 12.3. The van der Waals surface area contributed by atoms with Gasteiger partial charge in [0.05, 0.1) is 5.75 Å². The number of carbonyl (C=O) groups is 1. The maximum Gasteiger partial charge on any atom is 0.253 e. The van der Waals surface area contributed by atoms with E-state index in [1.54, 1.807) is 4.31 Å². The first-order valence-electron chi connectivity index (χ1n) is 9.75. The number of nitrogens with one attached hydrogen (secondary N) is 1. The van der Waals surface area contributed by atoms with Crippen molar-refractivity contribution in [3.8, 4) is 0 Å². The van der Waals surface area contributed by atoms with E-state index in [0.717, 1.165) is 30.6 Å². The maximum absolute atomic E-state index is 12.3. The lowest BCUT2D eigenvalue weighted by atomic mass is 10.2. The molecule has 1 aromatic rings. The summed E-state index contributed by atoms with van der Waals surface area (Å²) in [7, 11) is -3.13. The number of nitrogens with zero attached hydrogens (tertiary/aromatic N) is 2. The third-order valence-electron chi connectivity index (χ3n) is 5.11. The second-order valence-corrected chi connectivity index (χ2v) is 9.18. The van der Waals surface area contributed by atoms with E-state index in [0.29, 0.717) is 39.2 Å². The molecule has 8 heteroatoms. The second kappa shape index (κ2) is 9.03. The Morgan fingerprint density at radius 3 is 2.48 bits per heavy atom. The van der Waals surface area contributed by atoms with Gasteiger partial charge in [0, 0.05) is 44.2 Å². The Hall–Kier alpha value is -1.64. The Balaban J connectivity index is 1.52. The van der Waals surface area contributed by atoms with Crippen LogP contribution >= 0.6 is 0 Å². The van der Waals surface area contributed by atoms with Crippen molar-refractivity contribution in [2.75, 3.05) is 48.8 Å². The van der Waals surface area contributed by atoms with E-state index in [9.17, 15) is 13.2 Å². The lowest BCUT2D eigenvalue weighted by molar-refractivity contribution is -0.124. The largest absolute Gasteiger partial charge is 0.369 e. The molecule has 3 rings (SSSR count). The minimum absolute atomic E-state index is 0.0915. The Labute approximate surface area is 161 Å². The van der Waals surface area contributed by atoms with Crippen LogP contribution in [0, 0.1) is 0 Å². The monoisotopic (exact) mass is 395 g/mol. The molecule has 0 radical (unpaired) electrons. The highest BCUT2D eigenvalue weighted by atomic mass is 32.2. The van der Waals surface area contributed by atoms with Gasteiger partial charge in [0.15, 0.2) is 0 Å². The number of hydrogen-bond acceptors (Lipinski definition) is 5. The number of ether oxygens (including phenoxy) is 1. The summed E-state index contributed by atoms with van der Waals surface area (Å²) in [6.45, 7) is 5.03. The van der Waals surface area contributed by atoms with Crippen LogP contribution in [0.25, 0.3) is 0 Å². The Kier molecular flexibility index (Phi) is 6.73. The number of piperazine rings is 1. The molecule has 2 aliphatic rings. The van der Waals surface area contributed by atoms with E-state index in [1.807, 2.05) is 31.2 Å². The average molecular weight is 396 g/mol. The van der Waals surface area contributed by atoms with E-state index in [1.165, 1.54) is 0 Å². The normalized spacial score (nSPS) is 21.4. The number of unbranched alkanes of at least 4 members (excludes halogenated alkanes) is 1. The van der Waals surface area contributed by atoms with Crippen LogP contribution < -0.4 is 10.2 Å². The Bertz CT molecular complexity index is 722. The average Bonchev–Trinajstić information content (AvgIpc) is 3.22. The fourth-order valence-electron chi connectivity index (χ4n) is 3.44. The molecule has 150 valence electrons. The summed E-state index contributed by atoms with van der Waals surface area (Å²) >= 11 is 0. The molecule has 0 aromatic heterocycles. The van der Waals surface area contributed by atoms with Crippen LogP contribution in [0.2, 0.25) is 0 Å². The summed E-state index contributed by atoms with van der Waals surface area (Å²) in [5.41, 5.74) is 1.79. The number of benzene rings is 1. The SMILES string of the molecule is CCCCS(=O)(=O)N1CCN(c2ccc(NC(=O)C3CCCO3)cc2)CC1. The Morgan fingerprint density at radius 2 is 1.89 bits per heavy atom. The van der Waals surface area contributed by atoms with Crippen molar-refractivity contribution in [3.63, 3.8) is 0 Å². The molecule has 2 saturated heterocycles. The molecule has 7 nitrogen and oxygen atoms in total. The van der Waals surface area contributed by atoms with Crippen molar-refractivity contribution >= 4 is 27.3 Å². The van der Waals surface area contributed by atoms with Gasteiger partial charge >= 0.3 is 0 Å². The molecule has 2 fully saturated rings. The number of carbonyl (C=O) groups excluding carboxylic acids is 1. The van der Waals surface area contributed by atoms with Crippen LogP contribution in [-0.2, 0) is 19.6 Å². The van der Waals surface area contributed by atoms with Crippen molar-refractivity contribution in [1.29, 1.82) is 0 Å². The molecular formula is C19H29N3O4S. The third kappa shape index (κ3) is 5.21. The standard InChI is InChI=1S/C19H29N3O4S/c1-2-3-15-27(24,25)22-12-10-21(11-13-22)17-8-6-16(7-9-17)20-19(23)18-5-4-14-26-18/h6-9,18H,2-5,10-15H2,1H3,(H,20,23). The molecule has 0 bridgehead atoms. The van der Waals surface area contributed by atoms with Crippen LogP contribution in [0.4, 0.5) is 11.4 Å². The smallest absolute Gasteiger partial charge is 0.253 e. The highest BCUT2D eigenvalue weighted by Crippen LogP contribution is 2.22. The molecule has 1 atom stereocenters. The van der Waals surface area contributed by atoms with Gasteiger partial charge in [-0.15, -0.1) is 0 Å². The number of anilines is 2. The molecule has 2 heterocycles. The highest BCUT2D eigenvalue weighted by Gasteiger charge is 2.27. The molecule has 2 aliphatic heterocycles. The molecule has 1 aromatic carbocycles. The molecule has 1 N–H and O–H groups in total. The van der Waals surface area contributed by atoms with Crippen molar-refractivity contribution in [2.24, 2.45) is 0 Å². The topological polar surface area (TPSA) is 79.0 Å². The van der Waals surface area contributed by atoms with E-state index in [-0.39, 0.29) is 17.8 Å². The van der Waals surface area contributed by atoms with Crippen molar-refractivity contribution < 1.29 is 17.9 Å². The number of rotatable bonds is 7. The van der Waals surface area contributed by atoms with E-state index < -0.39 is 10.0 Å². The molecule has 1 amide bonds. The fraction of sp³-hybridized carbons (Fsp3) is 0.632. The van der Waals surface area contributed by atoms with Gasteiger partial charge < -0.3 is 15.0 Å². The van der Waals surface area contributed by atoms with E-state index >= 15 is 0 Å². The minimum atomic E-state index is -3.13. The zero-order valence-electron chi connectivity index (χ0n) is 15.9. The first kappa shape index (κ1) is 20.1.